The summed E-state index contributed by atoms with van der Waals surface area (Å²) in [7, 11) is 3.30. The Labute approximate surface area is 150 Å². The molecule has 1 aromatic carbocycles. The van der Waals surface area contributed by atoms with Gasteiger partial charge in [-0.1, -0.05) is 23.1 Å². The van der Waals surface area contributed by atoms with Gasteiger partial charge in [0.15, 0.2) is 22.5 Å². The molecule has 0 saturated heterocycles. The number of carbonyl (C=O) groups excluding carboxylic acids is 2. The Balaban J connectivity index is 1.81. The number of amides is 2. The van der Waals surface area contributed by atoms with Crippen LogP contribution < -0.4 is 10.1 Å². The first-order chi connectivity index (χ1) is 11.8. The van der Waals surface area contributed by atoms with E-state index in [1.54, 1.807) is 14.1 Å². The van der Waals surface area contributed by atoms with Crippen LogP contribution in [0.15, 0.2) is 22.5 Å². The van der Waals surface area contributed by atoms with Gasteiger partial charge >= 0.3 is 0 Å². The Morgan fingerprint density at radius 1 is 1.32 bits per heavy atom. The zero-order valence-corrected chi connectivity index (χ0v) is 14.9. The molecular weight excluding hydrogens is 374 g/mol. The lowest BCUT2D eigenvalue weighted by Gasteiger charge is -2.07. The van der Waals surface area contributed by atoms with E-state index in [2.05, 4.69) is 15.5 Å². The van der Waals surface area contributed by atoms with Crippen LogP contribution in [0.25, 0.3) is 0 Å². The predicted molar refractivity (Wildman–Crippen MR) is 89.8 cm³/mol. The Morgan fingerprint density at radius 2 is 2.08 bits per heavy atom. The van der Waals surface area contributed by atoms with Gasteiger partial charge in [0, 0.05) is 20.2 Å². The van der Waals surface area contributed by atoms with Gasteiger partial charge in [-0.2, -0.15) is 0 Å². The van der Waals surface area contributed by atoms with Crippen molar-refractivity contribution in [1.82, 2.24) is 15.1 Å². The number of nitrogens with one attached hydrogen (secondary N) is 1. The Hall–Kier alpha value is -2.27. The van der Waals surface area contributed by atoms with E-state index in [1.807, 2.05) is 0 Å². The highest BCUT2D eigenvalue weighted by molar-refractivity contribution is 8.01. The molecule has 0 fully saturated rings. The van der Waals surface area contributed by atoms with Crippen molar-refractivity contribution >= 4 is 40.0 Å². The molecule has 1 aromatic heterocycles. The van der Waals surface area contributed by atoms with Crippen LogP contribution in [-0.4, -0.2) is 53.4 Å². The molecule has 0 unspecified atom stereocenters. The number of benzene rings is 1. The third kappa shape index (κ3) is 5.94. The Kier molecular flexibility index (Phi) is 6.65. The van der Waals surface area contributed by atoms with Crippen molar-refractivity contribution in [3.63, 3.8) is 0 Å². The average molecular weight is 388 g/mol. The summed E-state index contributed by atoms with van der Waals surface area (Å²) in [4.78, 5) is 24.7. The highest BCUT2D eigenvalue weighted by atomic mass is 32.2. The van der Waals surface area contributed by atoms with E-state index in [1.165, 1.54) is 16.7 Å². The van der Waals surface area contributed by atoms with E-state index >= 15 is 0 Å². The maximum absolute atomic E-state index is 13.4. The maximum Gasteiger partial charge on any atom is 0.264 e. The molecular formula is C14H14F2N4O3S2. The fourth-order valence-electron chi connectivity index (χ4n) is 1.46. The number of hydrogen-bond acceptors (Lipinski definition) is 7. The summed E-state index contributed by atoms with van der Waals surface area (Å²) in [5.74, 6) is -2.29. The van der Waals surface area contributed by atoms with Crippen molar-refractivity contribution in [2.45, 2.75) is 4.34 Å². The fourth-order valence-corrected chi connectivity index (χ4v) is 3.21. The molecule has 11 heteroatoms. The molecule has 1 N–H and O–H groups in total. The van der Waals surface area contributed by atoms with Crippen LogP contribution in [0, 0.1) is 11.6 Å². The number of nitrogens with zero attached hydrogens (tertiary/aromatic N) is 3. The zero-order valence-electron chi connectivity index (χ0n) is 13.3. The summed E-state index contributed by atoms with van der Waals surface area (Å²) in [5.41, 5.74) is 0. The maximum atomic E-state index is 13.4. The molecule has 0 radical (unpaired) electrons. The SMILES string of the molecule is CN(C)C(=O)CSc1nnc(NC(=O)COc2ccc(F)cc2F)s1. The fraction of sp³-hybridized carbons (Fsp3) is 0.286. The third-order valence-corrected chi connectivity index (χ3v) is 4.68. The number of carbonyl (C=O) groups is 2. The van der Waals surface area contributed by atoms with Gasteiger partial charge in [0.05, 0.1) is 5.75 Å². The first-order valence-electron chi connectivity index (χ1n) is 6.89. The predicted octanol–water partition coefficient (Wildman–Crippen LogP) is 2.01. The molecule has 2 amide bonds. The molecule has 0 bridgehead atoms. The summed E-state index contributed by atoms with van der Waals surface area (Å²) >= 11 is 2.30. The molecule has 0 aliphatic rings. The van der Waals surface area contributed by atoms with Gasteiger partial charge < -0.3 is 9.64 Å². The lowest BCUT2D eigenvalue weighted by atomic mass is 10.3. The molecule has 0 aliphatic carbocycles. The number of halogens is 2. The van der Waals surface area contributed by atoms with E-state index in [4.69, 9.17) is 4.74 Å². The van der Waals surface area contributed by atoms with Crippen LogP contribution in [0.3, 0.4) is 0 Å². The van der Waals surface area contributed by atoms with E-state index in [0.717, 1.165) is 23.5 Å². The van der Waals surface area contributed by atoms with Gasteiger partial charge in [-0.25, -0.2) is 8.78 Å². The van der Waals surface area contributed by atoms with Crippen LogP contribution in [0.5, 0.6) is 5.75 Å². The number of hydrogen-bond donors (Lipinski definition) is 1. The normalized spacial score (nSPS) is 10.4. The average Bonchev–Trinajstić information content (AvgIpc) is 2.99. The minimum Gasteiger partial charge on any atom is -0.481 e. The van der Waals surface area contributed by atoms with E-state index in [-0.39, 0.29) is 22.5 Å². The van der Waals surface area contributed by atoms with Gasteiger partial charge in [0.25, 0.3) is 5.91 Å². The minimum absolute atomic E-state index is 0.0690. The van der Waals surface area contributed by atoms with Crippen molar-refractivity contribution in [2.75, 3.05) is 31.8 Å². The molecule has 2 rings (SSSR count). The topological polar surface area (TPSA) is 84.4 Å². The summed E-state index contributed by atoms with van der Waals surface area (Å²) in [6, 6.07) is 2.79. The summed E-state index contributed by atoms with van der Waals surface area (Å²) < 4.78 is 31.7. The molecule has 0 aliphatic heterocycles. The highest BCUT2D eigenvalue weighted by Crippen LogP contribution is 2.25. The number of thioether (sulfide) groups is 1. The number of anilines is 1. The summed E-state index contributed by atoms with van der Waals surface area (Å²) in [5, 5.41) is 10.3. The molecule has 134 valence electrons. The quantitative estimate of drug-likeness (QED) is 0.577. The Bertz CT molecular complexity index is 770. The zero-order chi connectivity index (χ0) is 18.4. The van der Waals surface area contributed by atoms with E-state index in [9.17, 15) is 18.4 Å². The summed E-state index contributed by atoms with van der Waals surface area (Å²) in [6.45, 7) is -0.469. The second-order valence-electron chi connectivity index (χ2n) is 4.86. The Morgan fingerprint density at radius 3 is 2.76 bits per heavy atom. The van der Waals surface area contributed by atoms with Gasteiger partial charge in [-0.05, 0) is 12.1 Å². The van der Waals surface area contributed by atoms with Crippen LogP contribution >= 0.6 is 23.1 Å². The first kappa shape index (κ1) is 19.1. The molecule has 2 aromatic rings. The van der Waals surface area contributed by atoms with E-state index in [0.29, 0.717) is 10.4 Å². The second-order valence-corrected chi connectivity index (χ2v) is 7.06. The molecule has 0 saturated carbocycles. The smallest absolute Gasteiger partial charge is 0.264 e. The highest BCUT2D eigenvalue weighted by Gasteiger charge is 2.12. The molecule has 1 heterocycles. The van der Waals surface area contributed by atoms with Crippen molar-refractivity contribution < 1.29 is 23.1 Å². The number of ether oxygens (including phenoxy) is 1. The largest absolute Gasteiger partial charge is 0.481 e. The molecule has 25 heavy (non-hydrogen) atoms. The number of aromatic nitrogens is 2. The van der Waals surface area contributed by atoms with Crippen molar-refractivity contribution in [1.29, 1.82) is 0 Å². The third-order valence-electron chi connectivity index (χ3n) is 2.72. The van der Waals surface area contributed by atoms with Crippen LogP contribution in [-0.2, 0) is 9.59 Å². The van der Waals surface area contributed by atoms with Crippen LogP contribution in [0.1, 0.15) is 0 Å². The standard InChI is InChI=1S/C14H14F2N4O3S2/c1-20(2)12(22)7-24-14-19-18-13(25-14)17-11(21)6-23-10-4-3-8(15)5-9(10)16/h3-5H,6-7H2,1-2H3,(H,17,18,21). The lowest BCUT2D eigenvalue weighted by molar-refractivity contribution is -0.125. The van der Waals surface area contributed by atoms with Gasteiger partial charge in [0.1, 0.15) is 5.82 Å². The van der Waals surface area contributed by atoms with Crippen molar-refractivity contribution in [3.8, 4) is 5.75 Å². The van der Waals surface area contributed by atoms with Crippen molar-refractivity contribution in [2.24, 2.45) is 0 Å². The van der Waals surface area contributed by atoms with Gasteiger partial charge in [0.2, 0.25) is 11.0 Å². The molecule has 7 nitrogen and oxygen atoms in total. The summed E-state index contributed by atoms with van der Waals surface area (Å²) in [6.07, 6.45) is 0. The van der Waals surface area contributed by atoms with Crippen LogP contribution in [0.2, 0.25) is 0 Å². The van der Waals surface area contributed by atoms with Gasteiger partial charge in [-0.3, -0.25) is 14.9 Å². The molecule has 0 spiro atoms. The first-order valence-corrected chi connectivity index (χ1v) is 8.69. The minimum atomic E-state index is -0.895. The van der Waals surface area contributed by atoms with Crippen LogP contribution in [0.4, 0.5) is 13.9 Å². The second kappa shape index (κ2) is 8.72. The monoisotopic (exact) mass is 388 g/mol. The van der Waals surface area contributed by atoms with Crippen molar-refractivity contribution in [3.05, 3.63) is 29.8 Å². The van der Waals surface area contributed by atoms with Gasteiger partial charge in [-0.15, -0.1) is 10.2 Å². The number of rotatable bonds is 7. The molecule has 0 atom stereocenters. The van der Waals surface area contributed by atoms with E-state index < -0.39 is 24.1 Å². The lowest BCUT2D eigenvalue weighted by Crippen LogP contribution is -2.23.